The van der Waals surface area contributed by atoms with Crippen LogP contribution in [0.5, 0.6) is 0 Å². The lowest BCUT2D eigenvalue weighted by Gasteiger charge is -2.26. The average molecular weight is 421 g/mol. The average Bonchev–Trinajstić information content (AvgIpc) is 3.14. The SMILES string of the molecule is CCNC(=O)C(=O)C(Cc1ccccc1)NC(=O)[C@@H]1CCC(=O)N1Cc1ccccc1. The van der Waals surface area contributed by atoms with Gasteiger partial charge in [-0.1, -0.05) is 60.7 Å². The lowest BCUT2D eigenvalue weighted by Crippen LogP contribution is -2.53. The normalized spacial score (nSPS) is 16.6. The number of carbonyl (C=O) groups excluding carboxylic acids is 4. The highest BCUT2D eigenvalue weighted by Crippen LogP contribution is 2.22. The summed E-state index contributed by atoms with van der Waals surface area (Å²) in [6, 6.07) is 17.0. The molecule has 2 N–H and O–H groups in total. The molecule has 31 heavy (non-hydrogen) atoms. The summed E-state index contributed by atoms with van der Waals surface area (Å²) in [5.41, 5.74) is 1.75. The Labute approximate surface area is 181 Å². The van der Waals surface area contributed by atoms with E-state index in [0.717, 1.165) is 11.1 Å². The fourth-order valence-corrected chi connectivity index (χ4v) is 3.72. The van der Waals surface area contributed by atoms with Crippen LogP contribution < -0.4 is 10.6 Å². The van der Waals surface area contributed by atoms with E-state index in [4.69, 9.17) is 0 Å². The van der Waals surface area contributed by atoms with Crippen LogP contribution in [0.1, 0.15) is 30.9 Å². The van der Waals surface area contributed by atoms with Gasteiger partial charge in [0.2, 0.25) is 17.6 Å². The summed E-state index contributed by atoms with van der Waals surface area (Å²) < 4.78 is 0. The molecule has 2 aromatic carbocycles. The topological polar surface area (TPSA) is 95.6 Å². The van der Waals surface area contributed by atoms with Gasteiger partial charge in [-0.15, -0.1) is 0 Å². The van der Waals surface area contributed by atoms with Crippen molar-refractivity contribution in [3.8, 4) is 0 Å². The number of hydrogen-bond acceptors (Lipinski definition) is 4. The van der Waals surface area contributed by atoms with Crippen molar-refractivity contribution in [3.63, 3.8) is 0 Å². The van der Waals surface area contributed by atoms with Crippen LogP contribution in [0.4, 0.5) is 0 Å². The van der Waals surface area contributed by atoms with E-state index in [9.17, 15) is 19.2 Å². The molecule has 7 nitrogen and oxygen atoms in total. The summed E-state index contributed by atoms with van der Waals surface area (Å²) in [6.45, 7) is 2.37. The standard InChI is InChI=1S/C24H27N3O4/c1-2-25-24(31)22(29)19(15-17-9-5-3-6-10-17)26-23(30)20-13-14-21(28)27(20)16-18-11-7-4-8-12-18/h3-12,19-20H,2,13-16H2,1H3,(H,25,31)(H,26,30)/t19?,20-/m0/s1. The first-order valence-corrected chi connectivity index (χ1v) is 10.5. The molecule has 3 rings (SSSR count). The Morgan fingerprint density at radius 2 is 1.61 bits per heavy atom. The zero-order valence-corrected chi connectivity index (χ0v) is 17.5. The highest BCUT2D eigenvalue weighted by Gasteiger charge is 2.38. The number of likely N-dealkylation sites (tertiary alicyclic amines) is 1. The van der Waals surface area contributed by atoms with E-state index in [1.807, 2.05) is 60.7 Å². The van der Waals surface area contributed by atoms with Crippen molar-refractivity contribution in [1.82, 2.24) is 15.5 Å². The molecule has 0 aliphatic carbocycles. The van der Waals surface area contributed by atoms with Gasteiger partial charge in [0.25, 0.3) is 5.91 Å². The van der Waals surface area contributed by atoms with E-state index >= 15 is 0 Å². The van der Waals surface area contributed by atoms with E-state index in [2.05, 4.69) is 10.6 Å². The van der Waals surface area contributed by atoms with E-state index in [1.165, 1.54) is 0 Å². The molecular weight excluding hydrogens is 394 g/mol. The summed E-state index contributed by atoms with van der Waals surface area (Å²) in [5, 5.41) is 5.24. The first-order valence-electron chi connectivity index (χ1n) is 10.5. The summed E-state index contributed by atoms with van der Waals surface area (Å²) in [7, 11) is 0. The van der Waals surface area contributed by atoms with Gasteiger partial charge < -0.3 is 15.5 Å². The number of nitrogens with one attached hydrogen (secondary N) is 2. The van der Waals surface area contributed by atoms with Gasteiger partial charge in [0.1, 0.15) is 12.1 Å². The maximum Gasteiger partial charge on any atom is 0.289 e. The number of carbonyl (C=O) groups is 4. The molecule has 0 bridgehead atoms. The van der Waals surface area contributed by atoms with Crippen molar-refractivity contribution < 1.29 is 19.2 Å². The van der Waals surface area contributed by atoms with E-state index < -0.39 is 29.7 Å². The molecule has 0 spiro atoms. The Morgan fingerprint density at radius 1 is 1.00 bits per heavy atom. The maximum absolute atomic E-state index is 13.1. The number of rotatable bonds is 9. The predicted molar refractivity (Wildman–Crippen MR) is 116 cm³/mol. The molecule has 2 atom stereocenters. The van der Waals surface area contributed by atoms with E-state index in [0.29, 0.717) is 19.5 Å². The molecule has 3 amide bonds. The van der Waals surface area contributed by atoms with Crippen molar-refractivity contribution in [2.75, 3.05) is 6.54 Å². The highest BCUT2D eigenvalue weighted by atomic mass is 16.2. The first kappa shape index (κ1) is 22.2. The van der Waals surface area contributed by atoms with E-state index in [-0.39, 0.29) is 18.7 Å². The number of Topliss-reactive ketones (excluding diaryl/α,β-unsaturated/α-hetero) is 1. The molecule has 1 aliphatic heterocycles. The Bertz CT molecular complexity index is 930. The summed E-state index contributed by atoms with van der Waals surface area (Å²) in [4.78, 5) is 51.9. The summed E-state index contributed by atoms with van der Waals surface area (Å²) in [6.07, 6.45) is 0.853. The number of ketones is 1. The molecular formula is C24H27N3O4. The Balaban J connectivity index is 1.75. The summed E-state index contributed by atoms with van der Waals surface area (Å²) >= 11 is 0. The van der Waals surface area contributed by atoms with Crippen LogP contribution in [0.15, 0.2) is 60.7 Å². The lowest BCUT2D eigenvalue weighted by atomic mass is 10.0. The van der Waals surface area contributed by atoms with E-state index in [1.54, 1.807) is 11.8 Å². The van der Waals surface area contributed by atoms with Gasteiger partial charge in [-0.05, 0) is 24.5 Å². The zero-order chi connectivity index (χ0) is 22.2. The molecule has 162 valence electrons. The largest absolute Gasteiger partial charge is 0.350 e. The fourth-order valence-electron chi connectivity index (χ4n) is 3.72. The van der Waals surface area contributed by atoms with Gasteiger partial charge in [0.15, 0.2) is 0 Å². The number of nitrogens with zero attached hydrogens (tertiary/aromatic N) is 1. The highest BCUT2D eigenvalue weighted by molar-refractivity contribution is 6.38. The predicted octanol–water partition coefficient (Wildman–Crippen LogP) is 1.61. The number of likely N-dealkylation sites (N-methyl/N-ethyl adjacent to an activating group) is 1. The molecule has 1 saturated heterocycles. The Morgan fingerprint density at radius 3 is 2.23 bits per heavy atom. The van der Waals surface area contributed by atoms with Crippen LogP contribution in [0, 0.1) is 0 Å². The number of hydrogen-bond donors (Lipinski definition) is 2. The van der Waals surface area contributed by atoms with Crippen LogP contribution >= 0.6 is 0 Å². The Hall–Kier alpha value is -3.48. The molecule has 0 radical (unpaired) electrons. The third-order valence-corrected chi connectivity index (χ3v) is 5.30. The Kier molecular flexibility index (Phi) is 7.54. The van der Waals surface area contributed by atoms with Crippen molar-refractivity contribution in [1.29, 1.82) is 0 Å². The molecule has 1 heterocycles. The van der Waals surface area contributed by atoms with Gasteiger partial charge in [0, 0.05) is 25.9 Å². The fraction of sp³-hybridized carbons (Fsp3) is 0.333. The minimum absolute atomic E-state index is 0.0985. The van der Waals surface area contributed by atoms with Gasteiger partial charge in [0.05, 0.1) is 0 Å². The second-order valence-corrected chi connectivity index (χ2v) is 7.54. The van der Waals surface area contributed by atoms with Crippen molar-refractivity contribution in [2.45, 2.75) is 44.8 Å². The zero-order valence-electron chi connectivity index (χ0n) is 17.5. The maximum atomic E-state index is 13.1. The van der Waals surface area contributed by atoms with Crippen LogP contribution in [0.25, 0.3) is 0 Å². The summed E-state index contributed by atoms with van der Waals surface area (Å²) in [5.74, 6) is -1.94. The van der Waals surface area contributed by atoms with Crippen molar-refractivity contribution in [3.05, 3.63) is 71.8 Å². The molecule has 0 saturated carbocycles. The second-order valence-electron chi connectivity index (χ2n) is 7.54. The third-order valence-electron chi connectivity index (χ3n) is 5.30. The molecule has 1 fully saturated rings. The molecule has 7 heteroatoms. The second kappa shape index (κ2) is 10.5. The quantitative estimate of drug-likeness (QED) is 0.602. The number of amides is 3. The van der Waals surface area contributed by atoms with Gasteiger partial charge in [-0.25, -0.2) is 0 Å². The van der Waals surface area contributed by atoms with Crippen LogP contribution in [0.3, 0.4) is 0 Å². The minimum Gasteiger partial charge on any atom is -0.350 e. The van der Waals surface area contributed by atoms with Crippen LogP contribution in [0.2, 0.25) is 0 Å². The molecule has 1 unspecified atom stereocenters. The molecule has 2 aromatic rings. The van der Waals surface area contributed by atoms with Crippen LogP contribution in [-0.4, -0.2) is 47.0 Å². The smallest absolute Gasteiger partial charge is 0.289 e. The number of benzene rings is 2. The lowest BCUT2D eigenvalue weighted by molar-refractivity contribution is -0.141. The van der Waals surface area contributed by atoms with Crippen molar-refractivity contribution in [2.24, 2.45) is 0 Å². The minimum atomic E-state index is -1.00. The van der Waals surface area contributed by atoms with Crippen molar-refractivity contribution >= 4 is 23.5 Å². The first-order chi connectivity index (χ1) is 15.0. The molecule has 1 aliphatic rings. The third kappa shape index (κ3) is 5.78. The van der Waals surface area contributed by atoms with Gasteiger partial charge in [-0.2, -0.15) is 0 Å². The van der Waals surface area contributed by atoms with Gasteiger partial charge in [-0.3, -0.25) is 19.2 Å². The van der Waals surface area contributed by atoms with Gasteiger partial charge >= 0.3 is 0 Å². The molecule has 0 aromatic heterocycles. The monoisotopic (exact) mass is 421 g/mol. The van der Waals surface area contributed by atoms with Crippen LogP contribution in [-0.2, 0) is 32.1 Å².